The number of carbonyl (C=O) groups excluding carboxylic acids is 2. The Bertz CT molecular complexity index is 1340. The Morgan fingerprint density at radius 1 is 0.867 bits per heavy atom. The lowest BCUT2D eigenvalue weighted by Gasteiger charge is -2.42. The van der Waals surface area contributed by atoms with E-state index < -0.39 is 8.32 Å². The highest BCUT2D eigenvalue weighted by Gasteiger charge is 2.42. The topological polar surface area (TPSA) is 59.1 Å². The molecule has 0 radical (unpaired) electrons. The van der Waals surface area contributed by atoms with Crippen molar-refractivity contribution in [1.82, 2.24) is 9.80 Å². The van der Waals surface area contributed by atoms with Gasteiger partial charge in [-0.15, -0.1) is 0 Å². The largest absolute Gasteiger partial charge is 0.414 e. The zero-order valence-electron chi connectivity index (χ0n) is 27.8. The van der Waals surface area contributed by atoms with E-state index in [0.717, 1.165) is 68.2 Å². The van der Waals surface area contributed by atoms with Crippen molar-refractivity contribution in [2.24, 2.45) is 5.92 Å². The number of methoxy groups -OCH3 is 1. The molecule has 1 aliphatic carbocycles. The highest BCUT2D eigenvalue weighted by molar-refractivity contribution is 6.74. The molecule has 2 amide bonds. The molecular formula is C36H50Cl2N2O4Si. The summed E-state index contributed by atoms with van der Waals surface area (Å²) in [5.74, 6) is 0.170. The van der Waals surface area contributed by atoms with Gasteiger partial charge in [-0.25, -0.2) is 0 Å². The van der Waals surface area contributed by atoms with E-state index in [4.69, 9.17) is 32.4 Å². The number of halogens is 2. The summed E-state index contributed by atoms with van der Waals surface area (Å²) in [6.45, 7) is 13.7. The first-order valence-corrected chi connectivity index (χ1v) is 20.3. The van der Waals surface area contributed by atoms with Crippen LogP contribution in [0.25, 0.3) is 11.1 Å². The first-order valence-electron chi connectivity index (χ1n) is 16.7. The first kappa shape index (κ1) is 34.4. The van der Waals surface area contributed by atoms with Crippen LogP contribution in [0.2, 0.25) is 28.2 Å². The van der Waals surface area contributed by atoms with Crippen LogP contribution in [0.5, 0.6) is 0 Å². The maximum absolute atomic E-state index is 13.6. The highest BCUT2D eigenvalue weighted by atomic mass is 35.5. The van der Waals surface area contributed by atoms with Crippen LogP contribution in [0.3, 0.4) is 0 Å². The molecule has 2 aromatic rings. The zero-order chi connectivity index (χ0) is 32.5. The lowest BCUT2D eigenvalue weighted by Crippen LogP contribution is -2.47. The van der Waals surface area contributed by atoms with Gasteiger partial charge in [-0.1, -0.05) is 56.1 Å². The predicted molar refractivity (Wildman–Crippen MR) is 186 cm³/mol. The van der Waals surface area contributed by atoms with Crippen LogP contribution in [0.4, 0.5) is 0 Å². The van der Waals surface area contributed by atoms with E-state index >= 15 is 0 Å². The molecular weight excluding hydrogens is 623 g/mol. The number of hydrogen-bond donors (Lipinski definition) is 0. The summed E-state index contributed by atoms with van der Waals surface area (Å²) in [7, 11) is -0.0628. The molecule has 9 heteroatoms. The molecule has 246 valence electrons. The van der Waals surface area contributed by atoms with Crippen molar-refractivity contribution in [3.05, 3.63) is 57.6 Å². The van der Waals surface area contributed by atoms with Crippen LogP contribution in [0, 0.1) is 5.92 Å². The van der Waals surface area contributed by atoms with Gasteiger partial charge < -0.3 is 19.0 Å². The molecule has 2 aliphatic heterocycles. The monoisotopic (exact) mass is 672 g/mol. The van der Waals surface area contributed by atoms with Crippen molar-refractivity contribution in [3.8, 4) is 11.1 Å². The maximum atomic E-state index is 13.6. The SMILES string of the molecule is COC1CCN(C(=O)c2ccc(-c3cc(Cl)c(CC4CCN(C5CCC(O[Si](C)(C)C(C)(C)C)CC5)C4=O)c(Cl)c3)cc2)CC1. The molecule has 1 unspecified atom stereocenters. The van der Waals surface area contributed by atoms with E-state index in [2.05, 4.69) is 38.8 Å². The number of benzene rings is 2. The third kappa shape index (κ3) is 7.81. The van der Waals surface area contributed by atoms with Gasteiger partial charge in [-0.3, -0.25) is 9.59 Å². The maximum Gasteiger partial charge on any atom is 0.253 e. The summed E-state index contributed by atoms with van der Waals surface area (Å²) < 4.78 is 12.1. The normalized spacial score (nSPS) is 23.6. The van der Waals surface area contributed by atoms with E-state index in [9.17, 15) is 9.59 Å². The van der Waals surface area contributed by atoms with Crippen molar-refractivity contribution in [2.75, 3.05) is 26.7 Å². The van der Waals surface area contributed by atoms with Gasteiger partial charge in [0.15, 0.2) is 8.32 Å². The van der Waals surface area contributed by atoms with Gasteiger partial charge in [0, 0.05) is 60.4 Å². The number of likely N-dealkylation sites (tertiary alicyclic amines) is 2. The molecule has 2 aromatic carbocycles. The lowest BCUT2D eigenvalue weighted by molar-refractivity contribution is -0.133. The van der Waals surface area contributed by atoms with Crippen LogP contribution in [0.1, 0.15) is 81.6 Å². The summed E-state index contributed by atoms with van der Waals surface area (Å²) in [5, 5.41) is 1.36. The molecule has 5 rings (SSSR count). The summed E-state index contributed by atoms with van der Waals surface area (Å²) in [6.07, 6.45) is 7.69. The molecule has 2 saturated heterocycles. The average Bonchev–Trinajstić information content (AvgIpc) is 3.37. The van der Waals surface area contributed by atoms with E-state index in [0.29, 0.717) is 47.3 Å². The Morgan fingerprint density at radius 3 is 2.02 bits per heavy atom. The second-order valence-electron chi connectivity index (χ2n) is 14.8. The van der Waals surface area contributed by atoms with Gasteiger partial charge in [-0.2, -0.15) is 0 Å². The van der Waals surface area contributed by atoms with Crippen LogP contribution < -0.4 is 0 Å². The quantitative estimate of drug-likeness (QED) is 0.263. The van der Waals surface area contributed by atoms with Crippen LogP contribution in [-0.4, -0.2) is 74.9 Å². The Hall–Kier alpha value is -1.90. The van der Waals surface area contributed by atoms with Crippen LogP contribution >= 0.6 is 23.2 Å². The van der Waals surface area contributed by atoms with Crippen molar-refractivity contribution >= 4 is 43.3 Å². The fourth-order valence-electron chi connectivity index (χ4n) is 6.88. The lowest BCUT2D eigenvalue weighted by atomic mass is 9.92. The summed E-state index contributed by atoms with van der Waals surface area (Å²) in [6, 6.07) is 11.8. The standard InChI is InChI=1S/C36H50Cl2N2O4Si/c1-36(2,3)45(5,6)44-30-13-11-28(12-14-30)40-20-15-26(35(40)42)21-31-32(37)22-27(23-33(31)38)24-7-9-25(10-8-24)34(41)39-18-16-29(43-4)17-19-39/h7-10,22-23,26,28-30H,11-21H2,1-6H3. The fraction of sp³-hybridized carbons (Fsp3) is 0.611. The molecule has 3 aliphatic rings. The Balaban J connectivity index is 1.17. The zero-order valence-corrected chi connectivity index (χ0v) is 30.3. The fourth-order valence-corrected chi connectivity index (χ4v) is 8.94. The second-order valence-corrected chi connectivity index (χ2v) is 20.3. The molecule has 0 bridgehead atoms. The molecule has 1 atom stereocenters. The minimum absolute atomic E-state index is 0.0466. The van der Waals surface area contributed by atoms with Crippen molar-refractivity contribution in [2.45, 2.75) is 109 Å². The second kappa shape index (κ2) is 14.1. The third-order valence-corrected chi connectivity index (χ3v) is 16.0. The number of piperidine rings is 1. The van der Waals surface area contributed by atoms with Crippen LogP contribution in [-0.2, 0) is 20.4 Å². The molecule has 3 fully saturated rings. The van der Waals surface area contributed by atoms with Crippen molar-refractivity contribution < 1.29 is 18.8 Å². The average molecular weight is 674 g/mol. The van der Waals surface area contributed by atoms with E-state index in [1.165, 1.54) is 0 Å². The van der Waals surface area contributed by atoms with Gasteiger partial charge >= 0.3 is 0 Å². The van der Waals surface area contributed by atoms with Crippen LogP contribution in [0.15, 0.2) is 36.4 Å². The minimum Gasteiger partial charge on any atom is -0.414 e. The molecule has 1 saturated carbocycles. The van der Waals surface area contributed by atoms with E-state index in [1.54, 1.807) is 7.11 Å². The Labute approximate surface area is 280 Å². The van der Waals surface area contributed by atoms with Gasteiger partial charge in [0.2, 0.25) is 5.91 Å². The van der Waals surface area contributed by atoms with Gasteiger partial charge in [0.1, 0.15) is 0 Å². The van der Waals surface area contributed by atoms with Gasteiger partial charge in [-0.05, 0) is 110 Å². The molecule has 6 nitrogen and oxygen atoms in total. The smallest absolute Gasteiger partial charge is 0.253 e. The summed E-state index contributed by atoms with van der Waals surface area (Å²) in [4.78, 5) is 30.6. The molecule has 0 aromatic heterocycles. The Kier molecular flexibility index (Phi) is 10.8. The number of amides is 2. The summed E-state index contributed by atoms with van der Waals surface area (Å²) in [5.41, 5.74) is 3.34. The molecule has 2 heterocycles. The van der Waals surface area contributed by atoms with Crippen molar-refractivity contribution in [1.29, 1.82) is 0 Å². The number of hydrogen-bond acceptors (Lipinski definition) is 4. The Morgan fingerprint density at radius 2 is 1.47 bits per heavy atom. The molecule has 0 spiro atoms. The number of carbonyl (C=O) groups is 2. The number of ether oxygens (including phenoxy) is 1. The molecule has 0 N–H and O–H groups in total. The van der Waals surface area contributed by atoms with E-state index in [-0.39, 0.29) is 28.9 Å². The van der Waals surface area contributed by atoms with Gasteiger partial charge in [0.05, 0.1) is 6.10 Å². The first-order chi connectivity index (χ1) is 21.3. The predicted octanol–water partition coefficient (Wildman–Crippen LogP) is 8.64. The van der Waals surface area contributed by atoms with E-state index in [1.807, 2.05) is 41.3 Å². The number of rotatable bonds is 8. The van der Waals surface area contributed by atoms with Gasteiger partial charge in [0.25, 0.3) is 5.91 Å². The number of nitrogens with zero attached hydrogens (tertiary/aromatic N) is 2. The minimum atomic E-state index is -1.79. The molecule has 45 heavy (non-hydrogen) atoms. The summed E-state index contributed by atoms with van der Waals surface area (Å²) >= 11 is 13.6. The highest BCUT2D eigenvalue weighted by Crippen LogP contribution is 2.41. The third-order valence-electron chi connectivity index (χ3n) is 10.8. The van der Waals surface area contributed by atoms with Crippen molar-refractivity contribution in [3.63, 3.8) is 0 Å².